The molecule has 4 nitrogen and oxygen atoms in total. The molecule has 0 saturated heterocycles. The SMILES string of the molecule is O=c1cc(CO)ccn1O. The quantitative estimate of drug-likeness (QED) is 0.522. The second-order valence-electron chi connectivity index (χ2n) is 1.88. The van der Waals surface area contributed by atoms with E-state index in [1.807, 2.05) is 0 Å². The Morgan fingerprint density at radius 2 is 2.30 bits per heavy atom. The van der Waals surface area contributed by atoms with E-state index < -0.39 is 5.56 Å². The van der Waals surface area contributed by atoms with Crippen LogP contribution in [0.15, 0.2) is 23.1 Å². The highest BCUT2D eigenvalue weighted by molar-refractivity contribution is 5.08. The van der Waals surface area contributed by atoms with Gasteiger partial charge in [-0.1, -0.05) is 0 Å². The summed E-state index contributed by atoms with van der Waals surface area (Å²) in [5.74, 6) is 0. The highest BCUT2D eigenvalue weighted by atomic mass is 16.5. The molecule has 0 bridgehead atoms. The highest BCUT2D eigenvalue weighted by Gasteiger charge is 1.93. The summed E-state index contributed by atoms with van der Waals surface area (Å²) in [6, 6.07) is 2.63. The Morgan fingerprint density at radius 3 is 2.80 bits per heavy atom. The Morgan fingerprint density at radius 1 is 1.60 bits per heavy atom. The summed E-state index contributed by atoms with van der Waals surface area (Å²) in [6.07, 6.45) is 1.19. The molecule has 0 aliphatic rings. The molecule has 0 amide bonds. The Balaban J connectivity index is 3.17. The molecule has 0 spiro atoms. The first-order valence-corrected chi connectivity index (χ1v) is 2.76. The van der Waals surface area contributed by atoms with Gasteiger partial charge in [-0.3, -0.25) is 4.79 Å². The average Bonchev–Trinajstić information content (AvgIpc) is 1.95. The molecule has 0 aliphatic heterocycles. The standard InChI is InChI=1S/C6H7NO3/c8-4-5-1-2-7(10)6(9)3-5/h1-3,8,10H,4H2. The highest BCUT2D eigenvalue weighted by Crippen LogP contribution is 1.91. The lowest BCUT2D eigenvalue weighted by atomic mass is 10.3. The number of aliphatic hydroxyl groups is 1. The van der Waals surface area contributed by atoms with Crippen LogP contribution in [0.4, 0.5) is 0 Å². The summed E-state index contributed by atoms with van der Waals surface area (Å²) in [6.45, 7) is -0.184. The Bertz CT molecular complexity index is 279. The lowest BCUT2D eigenvalue weighted by Gasteiger charge is -1.95. The molecule has 0 aromatic carbocycles. The van der Waals surface area contributed by atoms with Crippen LogP contribution in [0.5, 0.6) is 0 Å². The maximum Gasteiger partial charge on any atom is 0.283 e. The van der Waals surface area contributed by atoms with E-state index in [4.69, 9.17) is 10.3 Å². The molecule has 1 rings (SSSR count). The molecular weight excluding hydrogens is 134 g/mol. The van der Waals surface area contributed by atoms with Crippen molar-refractivity contribution < 1.29 is 10.3 Å². The first-order chi connectivity index (χ1) is 4.74. The van der Waals surface area contributed by atoms with E-state index in [1.54, 1.807) is 0 Å². The van der Waals surface area contributed by atoms with Gasteiger partial charge in [-0.25, -0.2) is 0 Å². The van der Waals surface area contributed by atoms with Crippen LogP contribution in [0, 0.1) is 0 Å². The zero-order chi connectivity index (χ0) is 7.56. The van der Waals surface area contributed by atoms with Crippen LogP contribution >= 0.6 is 0 Å². The molecule has 1 aromatic heterocycles. The van der Waals surface area contributed by atoms with Crippen molar-refractivity contribution in [1.82, 2.24) is 4.73 Å². The fourth-order valence-corrected chi connectivity index (χ4v) is 0.611. The van der Waals surface area contributed by atoms with Crippen molar-refractivity contribution in [3.63, 3.8) is 0 Å². The third-order valence-corrected chi connectivity index (χ3v) is 1.15. The molecule has 0 atom stereocenters. The lowest BCUT2D eigenvalue weighted by molar-refractivity contribution is 0.174. The van der Waals surface area contributed by atoms with Gasteiger partial charge in [0.15, 0.2) is 0 Å². The Hall–Kier alpha value is -1.29. The normalized spacial score (nSPS) is 9.70. The molecule has 0 radical (unpaired) electrons. The van der Waals surface area contributed by atoms with Crippen LogP contribution in [0.1, 0.15) is 5.56 Å². The van der Waals surface area contributed by atoms with Gasteiger partial charge in [0.05, 0.1) is 6.61 Å². The summed E-state index contributed by atoms with van der Waals surface area (Å²) in [5.41, 5.74) is -0.0400. The van der Waals surface area contributed by atoms with Gasteiger partial charge in [-0.15, -0.1) is 0 Å². The molecule has 1 aromatic rings. The number of hydrogen-bond donors (Lipinski definition) is 2. The van der Waals surface area contributed by atoms with Crippen LogP contribution in [-0.4, -0.2) is 15.0 Å². The smallest absolute Gasteiger partial charge is 0.283 e. The van der Waals surface area contributed by atoms with Gasteiger partial charge in [-0.05, 0) is 11.6 Å². The molecule has 0 unspecified atom stereocenters. The maximum absolute atomic E-state index is 10.6. The van der Waals surface area contributed by atoms with E-state index in [0.29, 0.717) is 10.3 Å². The molecule has 10 heavy (non-hydrogen) atoms. The molecule has 54 valence electrons. The molecule has 0 aliphatic carbocycles. The second-order valence-corrected chi connectivity index (χ2v) is 1.88. The molecule has 1 heterocycles. The number of aromatic nitrogens is 1. The number of hydrogen-bond acceptors (Lipinski definition) is 3. The van der Waals surface area contributed by atoms with E-state index in [-0.39, 0.29) is 6.61 Å². The molecular formula is C6H7NO3. The molecule has 0 saturated carbocycles. The largest absolute Gasteiger partial charge is 0.425 e. The zero-order valence-corrected chi connectivity index (χ0v) is 5.19. The third-order valence-electron chi connectivity index (χ3n) is 1.15. The fraction of sp³-hybridized carbons (Fsp3) is 0.167. The van der Waals surface area contributed by atoms with Crippen LogP contribution in [-0.2, 0) is 6.61 Å². The van der Waals surface area contributed by atoms with Gasteiger partial charge in [0.25, 0.3) is 5.56 Å². The second kappa shape index (κ2) is 2.53. The maximum atomic E-state index is 10.6. The summed E-state index contributed by atoms with van der Waals surface area (Å²) in [7, 11) is 0. The number of nitrogens with zero attached hydrogens (tertiary/aromatic N) is 1. The van der Waals surface area contributed by atoms with E-state index in [0.717, 1.165) is 0 Å². The number of rotatable bonds is 1. The Labute approximate surface area is 56.9 Å². The van der Waals surface area contributed by atoms with Gasteiger partial charge in [0.1, 0.15) is 0 Å². The molecule has 2 N–H and O–H groups in total. The number of pyridine rings is 1. The van der Waals surface area contributed by atoms with Gasteiger partial charge >= 0.3 is 0 Å². The van der Waals surface area contributed by atoms with Gasteiger partial charge < -0.3 is 10.3 Å². The first-order valence-electron chi connectivity index (χ1n) is 2.76. The monoisotopic (exact) mass is 141 g/mol. The van der Waals surface area contributed by atoms with Gasteiger partial charge in [0, 0.05) is 12.3 Å². The number of aliphatic hydroxyl groups excluding tert-OH is 1. The van der Waals surface area contributed by atoms with Crippen molar-refractivity contribution >= 4 is 0 Å². The van der Waals surface area contributed by atoms with E-state index >= 15 is 0 Å². The van der Waals surface area contributed by atoms with Crippen molar-refractivity contribution in [1.29, 1.82) is 0 Å². The summed E-state index contributed by atoms with van der Waals surface area (Å²) < 4.78 is 0.458. The van der Waals surface area contributed by atoms with Crippen molar-refractivity contribution in [3.8, 4) is 0 Å². The van der Waals surface area contributed by atoms with Crippen molar-refractivity contribution in [2.75, 3.05) is 0 Å². The van der Waals surface area contributed by atoms with E-state index in [9.17, 15) is 4.79 Å². The van der Waals surface area contributed by atoms with Crippen molar-refractivity contribution in [2.45, 2.75) is 6.61 Å². The van der Waals surface area contributed by atoms with E-state index in [1.165, 1.54) is 18.3 Å². The summed E-state index contributed by atoms with van der Waals surface area (Å²) in [4.78, 5) is 10.6. The summed E-state index contributed by atoms with van der Waals surface area (Å²) in [5, 5.41) is 17.2. The van der Waals surface area contributed by atoms with Crippen LogP contribution in [0.2, 0.25) is 0 Å². The minimum atomic E-state index is -0.536. The fourth-order valence-electron chi connectivity index (χ4n) is 0.611. The lowest BCUT2D eigenvalue weighted by Crippen LogP contribution is -2.15. The zero-order valence-electron chi connectivity index (χ0n) is 5.19. The predicted octanol–water partition coefficient (Wildman–Crippen LogP) is -0.422. The summed E-state index contributed by atoms with van der Waals surface area (Å²) >= 11 is 0. The van der Waals surface area contributed by atoms with Crippen molar-refractivity contribution in [2.24, 2.45) is 0 Å². The van der Waals surface area contributed by atoms with E-state index in [2.05, 4.69) is 0 Å². The van der Waals surface area contributed by atoms with Crippen LogP contribution in [0.3, 0.4) is 0 Å². The van der Waals surface area contributed by atoms with Crippen LogP contribution in [0.25, 0.3) is 0 Å². The third kappa shape index (κ3) is 1.16. The van der Waals surface area contributed by atoms with Gasteiger partial charge in [-0.2, -0.15) is 4.73 Å². The molecule has 0 fully saturated rings. The average molecular weight is 141 g/mol. The predicted molar refractivity (Wildman–Crippen MR) is 33.8 cm³/mol. The first kappa shape index (κ1) is 6.82. The molecule has 4 heteroatoms. The minimum absolute atomic E-state index is 0.184. The Kier molecular flexibility index (Phi) is 1.73. The minimum Gasteiger partial charge on any atom is -0.425 e. The van der Waals surface area contributed by atoms with Crippen molar-refractivity contribution in [3.05, 3.63) is 34.2 Å². The van der Waals surface area contributed by atoms with Crippen LogP contribution < -0.4 is 5.56 Å². The topological polar surface area (TPSA) is 62.5 Å². The van der Waals surface area contributed by atoms with Gasteiger partial charge in [0.2, 0.25) is 0 Å².